The quantitative estimate of drug-likeness (QED) is 0.692. The zero-order chi connectivity index (χ0) is 17.5. The third-order valence-corrected chi connectivity index (χ3v) is 4.78. The van der Waals surface area contributed by atoms with Gasteiger partial charge in [-0.3, -0.25) is 4.99 Å². The second-order valence-corrected chi connectivity index (χ2v) is 6.44. The second-order valence-electron chi connectivity index (χ2n) is 6.44. The molecule has 5 rings (SSSR count). The lowest BCUT2D eigenvalue weighted by Crippen LogP contribution is -3.08. The third-order valence-electron chi connectivity index (χ3n) is 4.78. The molecule has 0 spiro atoms. The van der Waals surface area contributed by atoms with Crippen LogP contribution in [0.25, 0.3) is 22.2 Å². The van der Waals surface area contributed by atoms with E-state index in [1.165, 1.54) is 0 Å². The first-order valence-corrected chi connectivity index (χ1v) is 8.63. The summed E-state index contributed by atoms with van der Waals surface area (Å²) in [5.74, 6) is 0.994. The Bertz CT molecular complexity index is 1140. The molecule has 4 nitrogen and oxygen atoms in total. The molecule has 2 aliphatic heterocycles. The average molecular weight is 373 g/mol. The molecule has 0 aliphatic carbocycles. The fourth-order valence-corrected chi connectivity index (χ4v) is 3.43. The summed E-state index contributed by atoms with van der Waals surface area (Å²) in [6.07, 6.45) is 5.73. The number of amidine groups is 1. The molecule has 1 N–H and O–H groups in total. The van der Waals surface area contributed by atoms with E-state index in [0.717, 1.165) is 49.9 Å². The first-order chi connectivity index (χ1) is 12.8. The summed E-state index contributed by atoms with van der Waals surface area (Å²) in [7, 11) is 0. The van der Waals surface area contributed by atoms with Crippen LogP contribution >= 0.6 is 0 Å². The fourth-order valence-electron chi connectivity index (χ4n) is 3.43. The third kappa shape index (κ3) is 2.99. The van der Waals surface area contributed by atoms with Gasteiger partial charge in [-0.2, -0.15) is 4.99 Å². The Hall–Kier alpha value is -3.08. The molecule has 0 saturated heterocycles. The summed E-state index contributed by atoms with van der Waals surface area (Å²) in [4.78, 5) is 15.0. The van der Waals surface area contributed by atoms with Crippen LogP contribution in [0.5, 0.6) is 0 Å². The van der Waals surface area contributed by atoms with Crippen molar-refractivity contribution >= 4 is 23.0 Å². The molecule has 0 saturated carbocycles. The van der Waals surface area contributed by atoms with Gasteiger partial charge in [0.15, 0.2) is 5.70 Å². The number of allylic oxidation sites excluding steroid dienone is 2. The Balaban J connectivity index is 0.00000180. The van der Waals surface area contributed by atoms with Crippen molar-refractivity contribution in [2.24, 2.45) is 9.98 Å². The molecule has 132 valence electrons. The Morgan fingerprint density at radius 2 is 1.70 bits per heavy atom. The number of fused-ring (bicyclic) bond motifs is 2. The predicted octanol–water partition coefficient (Wildman–Crippen LogP) is 0.338. The molecule has 27 heavy (non-hydrogen) atoms. The molecule has 5 heteroatoms. The normalized spacial score (nSPS) is 17.7. The van der Waals surface area contributed by atoms with Crippen molar-refractivity contribution in [3.8, 4) is 11.3 Å². The number of nitrogens with zero attached hydrogens (tertiary/aromatic N) is 3. The van der Waals surface area contributed by atoms with E-state index in [1.807, 2.05) is 43.7 Å². The van der Waals surface area contributed by atoms with E-state index in [-0.39, 0.29) is 12.4 Å². The largest absolute Gasteiger partial charge is 1.00 e. The molecule has 0 bridgehead atoms. The van der Waals surface area contributed by atoms with E-state index in [4.69, 9.17) is 9.98 Å². The van der Waals surface area contributed by atoms with Crippen molar-refractivity contribution in [2.75, 3.05) is 0 Å². The maximum absolute atomic E-state index is 4.88. The zero-order valence-corrected chi connectivity index (χ0v) is 15.5. The van der Waals surface area contributed by atoms with Crippen LogP contribution in [-0.2, 0) is 0 Å². The van der Waals surface area contributed by atoms with E-state index in [2.05, 4.69) is 47.5 Å². The van der Waals surface area contributed by atoms with Gasteiger partial charge in [-0.1, -0.05) is 42.5 Å². The maximum Gasteiger partial charge on any atom is 0.243 e. The Kier molecular flexibility index (Phi) is 4.44. The van der Waals surface area contributed by atoms with Crippen LogP contribution in [0.15, 0.2) is 94.4 Å². The molecular weight excluding hydrogens is 356 g/mol. The minimum Gasteiger partial charge on any atom is -1.00 e. The maximum atomic E-state index is 4.88. The van der Waals surface area contributed by atoms with Crippen LogP contribution in [0, 0.1) is 0 Å². The first kappa shape index (κ1) is 17.3. The van der Waals surface area contributed by atoms with Crippen LogP contribution in [-0.4, -0.2) is 17.0 Å². The topological polar surface area (TPSA) is 42.0 Å². The van der Waals surface area contributed by atoms with Gasteiger partial charge < -0.3 is 12.4 Å². The number of pyridine rings is 1. The van der Waals surface area contributed by atoms with Crippen LogP contribution in [0.1, 0.15) is 12.5 Å². The van der Waals surface area contributed by atoms with Gasteiger partial charge in [0.1, 0.15) is 11.9 Å². The van der Waals surface area contributed by atoms with Crippen LogP contribution in [0.3, 0.4) is 0 Å². The molecule has 3 aromatic rings. The minimum absolute atomic E-state index is 0. The standard InChI is InChI=1S/C22H16N4.ClH/c1-15-21-14-23-11-12-26(21)22(24-15)18-8-7-17-9-10-19(25-20(17)13-18)16-5-3-2-4-6-16;/h2-14H,1H3;1H. The number of nitrogens with one attached hydrogen (secondary N) is 1. The van der Waals surface area contributed by atoms with Crippen LogP contribution < -0.4 is 17.3 Å². The summed E-state index contributed by atoms with van der Waals surface area (Å²) in [5.41, 5.74) is 6.28. The number of aliphatic imine (C=N–C) groups is 2. The van der Waals surface area contributed by atoms with Crippen molar-refractivity contribution in [2.45, 2.75) is 6.92 Å². The van der Waals surface area contributed by atoms with Gasteiger partial charge in [0, 0.05) is 10.9 Å². The van der Waals surface area contributed by atoms with Crippen LogP contribution in [0.4, 0.5) is 0 Å². The second kappa shape index (κ2) is 6.91. The van der Waals surface area contributed by atoms with Gasteiger partial charge in [0.2, 0.25) is 5.84 Å². The molecule has 3 heterocycles. The highest BCUT2D eigenvalue weighted by molar-refractivity contribution is 6.00. The van der Waals surface area contributed by atoms with E-state index in [1.54, 1.807) is 0 Å². The molecule has 2 aliphatic rings. The Morgan fingerprint density at radius 3 is 2.56 bits per heavy atom. The lowest BCUT2D eigenvalue weighted by atomic mass is 10.1. The van der Waals surface area contributed by atoms with E-state index in [0.29, 0.717) is 0 Å². The molecule has 1 atom stereocenters. The number of aromatic nitrogens is 1. The van der Waals surface area contributed by atoms with Crippen molar-refractivity contribution in [1.82, 2.24) is 4.98 Å². The monoisotopic (exact) mass is 372 g/mol. The van der Waals surface area contributed by atoms with Gasteiger partial charge in [-0.15, -0.1) is 0 Å². The number of hydrogen-bond donors (Lipinski definition) is 1. The Morgan fingerprint density at radius 1 is 0.889 bits per heavy atom. The number of benzene rings is 2. The molecule has 2 aromatic carbocycles. The lowest BCUT2D eigenvalue weighted by molar-refractivity contribution is -0.689. The van der Waals surface area contributed by atoms with Crippen LogP contribution in [0.2, 0.25) is 0 Å². The Labute approximate surface area is 163 Å². The lowest BCUT2D eigenvalue weighted by Gasteiger charge is -2.13. The smallest absolute Gasteiger partial charge is 0.243 e. The SMILES string of the molecule is CC1=C2C=NC=C[NH+]2C(c2ccc3ccc(-c4ccccc4)nc3c2)=N1.[Cl-]. The number of quaternary nitrogens is 1. The minimum atomic E-state index is 0. The predicted molar refractivity (Wildman–Crippen MR) is 105 cm³/mol. The van der Waals surface area contributed by atoms with Crippen molar-refractivity contribution in [1.29, 1.82) is 0 Å². The molecule has 0 amide bonds. The van der Waals surface area contributed by atoms with Crippen molar-refractivity contribution in [3.05, 3.63) is 90.0 Å². The van der Waals surface area contributed by atoms with E-state index in [9.17, 15) is 0 Å². The van der Waals surface area contributed by atoms with Gasteiger partial charge >= 0.3 is 0 Å². The summed E-state index contributed by atoms with van der Waals surface area (Å²) in [5, 5.41) is 1.13. The zero-order valence-electron chi connectivity index (χ0n) is 14.7. The highest BCUT2D eigenvalue weighted by Crippen LogP contribution is 2.22. The van der Waals surface area contributed by atoms with E-state index < -0.39 is 0 Å². The van der Waals surface area contributed by atoms with E-state index >= 15 is 0 Å². The van der Waals surface area contributed by atoms with Gasteiger partial charge in [-0.05, 0) is 25.1 Å². The summed E-state index contributed by atoms with van der Waals surface area (Å²) in [6.45, 7) is 2.03. The van der Waals surface area contributed by atoms with Gasteiger partial charge in [0.25, 0.3) is 0 Å². The molecule has 0 radical (unpaired) electrons. The number of hydrogen-bond acceptors (Lipinski definition) is 3. The molecular formula is C22H17ClN4. The highest BCUT2D eigenvalue weighted by Gasteiger charge is 2.31. The van der Waals surface area contributed by atoms with Gasteiger partial charge in [-0.25, -0.2) is 9.88 Å². The first-order valence-electron chi connectivity index (χ1n) is 8.63. The molecule has 1 aromatic heterocycles. The number of rotatable bonds is 2. The summed E-state index contributed by atoms with van der Waals surface area (Å²) in [6, 6.07) is 20.8. The molecule has 1 unspecified atom stereocenters. The fraction of sp³-hybridized carbons (Fsp3) is 0.0455. The highest BCUT2D eigenvalue weighted by atomic mass is 35.5. The van der Waals surface area contributed by atoms with Crippen molar-refractivity contribution < 1.29 is 17.3 Å². The average Bonchev–Trinajstić information content (AvgIpc) is 3.05. The van der Waals surface area contributed by atoms with Gasteiger partial charge in [0.05, 0.1) is 29.2 Å². The number of halogens is 1. The van der Waals surface area contributed by atoms with Crippen molar-refractivity contribution in [3.63, 3.8) is 0 Å². The molecule has 0 fully saturated rings. The summed E-state index contributed by atoms with van der Waals surface area (Å²) < 4.78 is 0. The summed E-state index contributed by atoms with van der Waals surface area (Å²) >= 11 is 0.